The number of aryl methyl sites for hydroxylation is 2. The van der Waals surface area contributed by atoms with E-state index in [1.165, 1.54) is 24.9 Å². The first-order valence-electron chi connectivity index (χ1n) is 16.0. The highest BCUT2D eigenvalue weighted by Crippen LogP contribution is 2.40. The smallest absolute Gasteiger partial charge is 0.418 e. The number of hydrogen-bond acceptors (Lipinski definition) is 9. The summed E-state index contributed by atoms with van der Waals surface area (Å²) in [6, 6.07) is 3.56. The molecule has 0 saturated carbocycles. The van der Waals surface area contributed by atoms with Gasteiger partial charge in [-0.1, -0.05) is 23.2 Å². The minimum atomic E-state index is -4.71. The zero-order valence-corrected chi connectivity index (χ0v) is 28.9. The van der Waals surface area contributed by atoms with Gasteiger partial charge in [0.05, 0.1) is 17.4 Å². The third-order valence-corrected chi connectivity index (χ3v) is 10.5. The number of rotatable bonds is 8. The number of hydrogen-bond donors (Lipinski definition) is 1. The normalized spacial score (nSPS) is 19.1. The maximum absolute atomic E-state index is 14.1. The number of anilines is 2. The molecule has 12 nitrogen and oxygen atoms in total. The second-order valence-corrected chi connectivity index (χ2v) is 13.8. The zero-order valence-electron chi connectivity index (χ0n) is 27.4. The van der Waals surface area contributed by atoms with Gasteiger partial charge in [0.1, 0.15) is 10.3 Å². The molecule has 51 heavy (non-hydrogen) atoms. The highest BCUT2D eigenvalue weighted by Gasteiger charge is 2.40. The molecule has 7 rings (SSSR count). The quantitative estimate of drug-likeness (QED) is 0.191. The van der Waals surface area contributed by atoms with Crippen molar-refractivity contribution in [3.05, 3.63) is 63.3 Å². The molecule has 5 aromatic rings. The number of halogens is 8. The molecule has 0 aromatic carbocycles. The molecule has 0 bridgehead atoms. The Labute approximate surface area is 297 Å². The molecule has 0 spiro atoms. The predicted octanol–water partition coefficient (Wildman–Crippen LogP) is 5.99. The van der Waals surface area contributed by atoms with Crippen molar-refractivity contribution in [1.82, 2.24) is 43.5 Å². The highest BCUT2D eigenvalue weighted by atomic mass is 35.5. The average Bonchev–Trinajstić information content (AvgIpc) is 3.86. The van der Waals surface area contributed by atoms with Crippen molar-refractivity contribution < 1.29 is 30.8 Å². The summed E-state index contributed by atoms with van der Waals surface area (Å²) in [5.74, 6) is 1.53. The van der Waals surface area contributed by atoms with E-state index in [1.807, 2.05) is 4.90 Å². The number of nitrogens with two attached hydrogens (primary N) is 1. The Morgan fingerprint density at radius 1 is 0.902 bits per heavy atom. The summed E-state index contributed by atoms with van der Waals surface area (Å²) in [6.45, 7) is 1.95. The molecule has 2 aliphatic rings. The summed E-state index contributed by atoms with van der Waals surface area (Å²) in [5, 5.41) is 4.07. The van der Waals surface area contributed by atoms with Crippen molar-refractivity contribution in [3.63, 3.8) is 0 Å². The number of nitrogens with zero attached hydrogens (tertiary/aromatic N) is 10. The van der Waals surface area contributed by atoms with Crippen LogP contribution in [0.5, 0.6) is 0 Å². The van der Waals surface area contributed by atoms with Gasteiger partial charge >= 0.3 is 12.4 Å². The Hall–Kier alpha value is -4.00. The van der Waals surface area contributed by atoms with Crippen molar-refractivity contribution in [2.45, 2.75) is 44.3 Å². The Kier molecular flexibility index (Phi) is 9.16. The third kappa shape index (κ3) is 6.97. The topological polar surface area (TPSA) is 115 Å². The first-order valence-corrected chi connectivity index (χ1v) is 16.8. The average molecular weight is 761 g/mol. The van der Waals surface area contributed by atoms with Crippen LogP contribution in [0.4, 0.5) is 38.2 Å². The largest absolute Gasteiger partial charge is 0.461 e. The number of piperazine rings is 1. The fourth-order valence-corrected chi connectivity index (χ4v) is 7.55. The molecule has 0 radical (unpaired) electrons. The van der Waals surface area contributed by atoms with E-state index in [1.54, 1.807) is 17.0 Å². The van der Waals surface area contributed by atoms with Crippen LogP contribution in [0, 0.1) is 5.92 Å². The number of piperidine rings is 1. The molecule has 2 N–H and O–H groups in total. The molecule has 20 heteroatoms. The van der Waals surface area contributed by atoms with Crippen LogP contribution in [0.15, 0.2) is 35.2 Å². The zero-order chi connectivity index (χ0) is 36.4. The molecule has 2 saturated heterocycles. The van der Waals surface area contributed by atoms with E-state index in [0.29, 0.717) is 50.1 Å². The maximum atomic E-state index is 14.1. The summed E-state index contributed by atoms with van der Waals surface area (Å²) in [4.78, 5) is 19.4. The molecule has 0 amide bonds. The van der Waals surface area contributed by atoms with Gasteiger partial charge in [0.15, 0.2) is 5.76 Å². The van der Waals surface area contributed by atoms with Crippen molar-refractivity contribution in [2.24, 2.45) is 20.0 Å². The molecule has 274 valence electrons. The van der Waals surface area contributed by atoms with Gasteiger partial charge in [0.2, 0.25) is 17.7 Å². The second-order valence-electron chi connectivity index (χ2n) is 13.1. The molecule has 7 heterocycles. The SMILES string of the molecule is Cn1cc(C(F)(F)F)c(CN(Cc2c(C(F)(F)F)cn(C)c2Cl)CC2CCC3CN(c4nc(N)n5nc(-c6ccco6)nc5n4)CCN3C2)c1Cl. The van der Waals surface area contributed by atoms with E-state index in [0.717, 1.165) is 27.9 Å². The molecule has 0 aliphatic carbocycles. The minimum Gasteiger partial charge on any atom is -0.461 e. The lowest BCUT2D eigenvalue weighted by molar-refractivity contribution is -0.138. The van der Waals surface area contributed by atoms with Gasteiger partial charge in [-0.2, -0.15) is 45.8 Å². The summed E-state index contributed by atoms with van der Waals surface area (Å²) in [5.41, 5.74) is 3.96. The van der Waals surface area contributed by atoms with Crippen molar-refractivity contribution >= 4 is 40.9 Å². The van der Waals surface area contributed by atoms with Gasteiger partial charge in [0.25, 0.3) is 5.78 Å². The van der Waals surface area contributed by atoms with Crippen LogP contribution in [0.1, 0.15) is 35.1 Å². The van der Waals surface area contributed by atoms with Crippen LogP contribution in [0.25, 0.3) is 17.4 Å². The number of nitrogen functional groups attached to an aromatic ring is 1. The van der Waals surface area contributed by atoms with Crippen LogP contribution in [0.3, 0.4) is 0 Å². The Bertz CT molecular complexity index is 1970. The fourth-order valence-electron chi connectivity index (χ4n) is 7.13. The summed E-state index contributed by atoms with van der Waals surface area (Å²) < 4.78 is 93.4. The lowest BCUT2D eigenvalue weighted by Gasteiger charge is -2.47. The second kappa shape index (κ2) is 13.2. The molecule has 2 atom stereocenters. The van der Waals surface area contributed by atoms with Crippen LogP contribution in [0.2, 0.25) is 10.3 Å². The van der Waals surface area contributed by atoms with Gasteiger partial charge in [-0.3, -0.25) is 9.80 Å². The van der Waals surface area contributed by atoms with E-state index in [4.69, 9.17) is 33.4 Å². The standard InChI is InChI=1S/C31H33Cl2F6N11O/c1-45-15-21(30(34,35)36)19(24(45)32)13-47(14-20-22(31(37,38)39)16-46(2)25(20)33)10-17-5-6-18-12-49(8-7-48(18)11-17)28-42-27(40)50-29(43-28)41-26(44-50)23-4-3-9-51-23/h3-4,9,15-18H,5-8,10-14H2,1-2H3,(H2,40,41,42,43,44). The van der Waals surface area contributed by atoms with Crippen molar-refractivity contribution in [2.75, 3.05) is 43.4 Å². The molecular formula is C31H33Cl2F6N11O. The Balaban J connectivity index is 1.09. The first-order chi connectivity index (χ1) is 24.1. The van der Waals surface area contributed by atoms with Crippen molar-refractivity contribution in [1.29, 1.82) is 0 Å². The lowest BCUT2D eigenvalue weighted by atomic mass is 9.90. The highest BCUT2D eigenvalue weighted by molar-refractivity contribution is 6.31. The lowest BCUT2D eigenvalue weighted by Crippen LogP contribution is -2.57. The first kappa shape index (κ1) is 35.4. The van der Waals surface area contributed by atoms with Gasteiger partial charge in [-0.15, -0.1) is 5.10 Å². The summed E-state index contributed by atoms with van der Waals surface area (Å²) in [7, 11) is 2.79. The van der Waals surface area contributed by atoms with Crippen LogP contribution < -0.4 is 10.6 Å². The molecule has 5 aromatic heterocycles. The Morgan fingerprint density at radius 2 is 1.55 bits per heavy atom. The molecule has 2 aliphatic heterocycles. The van der Waals surface area contributed by atoms with E-state index >= 15 is 0 Å². The molecule has 2 fully saturated rings. The predicted molar refractivity (Wildman–Crippen MR) is 176 cm³/mol. The van der Waals surface area contributed by atoms with Crippen LogP contribution in [-0.2, 0) is 39.5 Å². The molecule has 2 unspecified atom stereocenters. The van der Waals surface area contributed by atoms with E-state index < -0.39 is 23.5 Å². The summed E-state index contributed by atoms with van der Waals surface area (Å²) >= 11 is 12.7. The van der Waals surface area contributed by atoms with E-state index in [-0.39, 0.29) is 64.8 Å². The monoisotopic (exact) mass is 759 g/mol. The van der Waals surface area contributed by atoms with Gasteiger partial charge in [-0.05, 0) is 30.9 Å². The van der Waals surface area contributed by atoms with E-state index in [2.05, 4.69) is 25.0 Å². The Morgan fingerprint density at radius 3 is 2.14 bits per heavy atom. The molecular weight excluding hydrogens is 727 g/mol. The number of alkyl halides is 6. The van der Waals surface area contributed by atoms with Gasteiger partial charge < -0.3 is 24.2 Å². The van der Waals surface area contributed by atoms with Crippen molar-refractivity contribution in [3.8, 4) is 11.6 Å². The van der Waals surface area contributed by atoms with Gasteiger partial charge in [-0.25, -0.2) is 0 Å². The summed E-state index contributed by atoms with van der Waals surface area (Å²) in [6.07, 6.45) is -4.69. The van der Waals surface area contributed by atoms with Crippen LogP contribution in [-0.4, -0.2) is 82.3 Å². The minimum absolute atomic E-state index is 0.0549. The third-order valence-electron chi connectivity index (χ3n) is 9.56. The number of fused-ring (bicyclic) bond motifs is 2. The fraction of sp³-hybridized carbons (Fsp3) is 0.484. The van der Waals surface area contributed by atoms with Crippen LogP contribution >= 0.6 is 23.2 Å². The maximum Gasteiger partial charge on any atom is 0.418 e. The number of furan rings is 1. The number of aromatic nitrogens is 7. The van der Waals surface area contributed by atoms with Gasteiger partial charge in [0, 0.05) is 89.5 Å². The van der Waals surface area contributed by atoms with E-state index in [9.17, 15) is 26.3 Å².